The van der Waals surface area contributed by atoms with Gasteiger partial charge in [0.15, 0.2) is 0 Å². The Kier molecular flexibility index (Phi) is 5.52. The quantitative estimate of drug-likeness (QED) is 0.671. The van der Waals surface area contributed by atoms with Gasteiger partial charge in [0.1, 0.15) is 4.70 Å². The molecule has 1 unspecified atom stereocenters. The van der Waals surface area contributed by atoms with E-state index in [0.717, 1.165) is 49.0 Å². The normalized spacial score (nSPS) is 19.8. The number of anilines is 1. The summed E-state index contributed by atoms with van der Waals surface area (Å²) in [5.74, 6) is 0.714. The van der Waals surface area contributed by atoms with Crippen molar-refractivity contribution in [1.82, 2.24) is 14.9 Å². The van der Waals surface area contributed by atoms with Gasteiger partial charge in [0, 0.05) is 19.1 Å². The highest BCUT2D eigenvalue weighted by Crippen LogP contribution is 2.27. The molecular weight excluding hydrogens is 408 g/mol. The number of hydrogen-bond donors (Lipinski definition) is 1. The molecule has 3 aromatic rings. The highest BCUT2D eigenvalue weighted by atomic mass is 32.1. The lowest BCUT2D eigenvalue weighted by atomic mass is 9.97. The molecule has 1 N–H and O–H groups in total. The Morgan fingerprint density at radius 2 is 1.87 bits per heavy atom. The maximum absolute atomic E-state index is 13.4. The summed E-state index contributed by atoms with van der Waals surface area (Å²) in [6.45, 7) is 3.42. The average molecular weight is 437 g/mol. The fourth-order valence-corrected chi connectivity index (χ4v) is 5.56. The van der Waals surface area contributed by atoms with Crippen LogP contribution < -0.4 is 15.8 Å². The number of aryl methyl sites for hydroxylation is 1. The first-order valence-corrected chi connectivity index (χ1v) is 12.1. The number of benzene rings is 1. The second-order valence-electron chi connectivity index (χ2n) is 8.80. The van der Waals surface area contributed by atoms with Gasteiger partial charge < -0.3 is 10.2 Å². The lowest BCUT2D eigenvalue weighted by molar-refractivity contribution is -0.125. The van der Waals surface area contributed by atoms with E-state index in [1.165, 1.54) is 24.2 Å². The molecular formula is C24H28N4O2S. The average Bonchev–Trinajstić information content (AvgIpc) is 3.47. The largest absolute Gasteiger partial charge is 0.353 e. The van der Waals surface area contributed by atoms with Crippen LogP contribution in [-0.2, 0) is 4.79 Å². The molecule has 1 aliphatic carbocycles. The van der Waals surface area contributed by atoms with Gasteiger partial charge in [-0.15, -0.1) is 11.3 Å². The van der Waals surface area contributed by atoms with Crippen LogP contribution in [0.2, 0.25) is 0 Å². The van der Waals surface area contributed by atoms with Crippen molar-refractivity contribution in [3.05, 3.63) is 51.6 Å². The van der Waals surface area contributed by atoms with Crippen LogP contribution in [-0.4, -0.2) is 34.6 Å². The third kappa shape index (κ3) is 3.99. The summed E-state index contributed by atoms with van der Waals surface area (Å²) in [5, 5.41) is 5.17. The van der Waals surface area contributed by atoms with Crippen LogP contribution in [0.1, 0.15) is 44.1 Å². The van der Waals surface area contributed by atoms with E-state index in [2.05, 4.69) is 10.2 Å². The summed E-state index contributed by atoms with van der Waals surface area (Å²) in [6, 6.07) is 10.2. The van der Waals surface area contributed by atoms with Crippen molar-refractivity contribution in [3.8, 4) is 5.69 Å². The van der Waals surface area contributed by atoms with Gasteiger partial charge >= 0.3 is 0 Å². The molecule has 3 heterocycles. The number of amides is 1. The van der Waals surface area contributed by atoms with Crippen LogP contribution in [0.5, 0.6) is 0 Å². The number of aromatic nitrogens is 2. The van der Waals surface area contributed by atoms with Crippen LogP contribution in [0.15, 0.2) is 40.5 Å². The molecule has 5 rings (SSSR count). The Balaban J connectivity index is 1.49. The Morgan fingerprint density at radius 3 is 2.65 bits per heavy atom. The first kappa shape index (κ1) is 20.2. The summed E-state index contributed by atoms with van der Waals surface area (Å²) in [4.78, 5) is 33.4. The molecule has 2 fully saturated rings. The summed E-state index contributed by atoms with van der Waals surface area (Å²) < 4.78 is 2.38. The molecule has 0 bridgehead atoms. The van der Waals surface area contributed by atoms with Crippen molar-refractivity contribution in [2.45, 2.75) is 51.5 Å². The molecule has 2 aromatic heterocycles. The molecule has 1 aromatic carbocycles. The number of carbonyl (C=O) groups excluding carboxylic acids is 1. The van der Waals surface area contributed by atoms with Gasteiger partial charge in [0.25, 0.3) is 5.56 Å². The third-order valence-electron chi connectivity index (χ3n) is 6.53. The lowest BCUT2D eigenvalue weighted by Gasteiger charge is -2.34. The minimum atomic E-state index is -0.0732. The molecule has 0 spiro atoms. The van der Waals surface area contributed by atoms with Crippen LogP contribution in [0.3, 0.4) is 0 Å². The summed E-state index contributed by atoms with van der Waals surface area (Å²) >= 11 is 1.43. The zero-order valence-electron chi connectivity index (χ0n) is 17.8. The minimum Gasteiger partial charge on any atom is -0.353 e. The number of carbonyl (C=O) groups is 1. The standard InChI is InChI=1S/C24H28N4O2S/c1-16-8-10-19(11-9-16)28-23(30)21-20(12-14-31-21)26-24(28)27-13-4-5-17(15-27)22(29)25-18-6-2-3-7-18/h8-12,14,17-18H,2-7,13,15H2,1H3,(H,25,29). The van der Waals surface area contributed by atoms with Gasteiger partial charge in [-0.3, -0.25) is 9.59 Å². The van der Waals surface area contributed by atoms with E-state index in [0.29, 0.717) is 23.2 Å². The molecule has 1 saturated heterocycles. The van der Waals surface area contributed by atoms with E-state index in [9.17, 15) is 9.59 Å². The first-order valence-electron chi connectivity index (χ1n) is 11.2. The molecule has 7 heteroatoms. The van der Waals surface area contributed by atoms with Crippen LogP contribution in [0.4, 0.5) is 5.95 Å². The minimum absolute atomic E-state index is 0.0450. The van der Waals surface area contributed by atoms with Crippen LogP contribution in [0.25, 0.3) is 15.9 Å². The molecule has 1 aliphatic heterocycles. The van der Waals surface area contributed by atoms with Crippen LogP contribution >= 0.6 is 11.3 Å². The summed E-state index contributed by atoms with van der Waals surface area (Å²) in [6.07, 6.45) is 6.38. The third-order valence-corrected chi connectivity index (χ3v) is 7.42. The molecule has 1 saturated carbocycles. The fourth-order valence-electron chi connectivity index (χ4n) is 4.80. The smallest absolute Gasteiger partial charge is 0.277 e. The Morgan fingerprint density at radius 1 is 1.10 bits per heavy atom. The Labute approximate surface area is 185 Å². The van der Waals surface area contributed by atoms with Crippen molar-refractivity contribution in [2.24, 2.45) is 5.92 Å². The Hall–Kier alpha value is -2.67. The molecule has 0 radical (unpaired) electrons. The number of rotatable bonds is 4. The number of piperidine rings is 1. The number of nitrogens with zero attached hydrogens (tertiary/aromatic N) is 3. The number of nitrogens with one attached hydrogen (secondary N) is 1. The van der Waals surface area contributed by atoms with Gasteiger partial charge in [-0.2, -0.15) is 0 Å². The van der Waals surface area contributed by atoms with E-state index < -0.39 is 0 Å². The van der Waals surface area contributed by atoms with E-state index in [4.69, 9.17) is 4.98 Å². The van der Waals surface area contributed by atoms with Gasteiger partial charge in [0.05, 0.1) is 17.1 Å². The van der Waals surface area contributed by atoms with Crippen molar-refractivity contribution >= 4 is 33.4 Å². The zero-order chi connectivity index (χ0) is 21.4. The van der Waals surface area contributed by atoms with E-state index in [1.54, 1.807) is 4.57 Å². The van der Waals surface area contributed by atoms with Gasteiger partial charge in [0.2, 0.25) is 11.9 Å². The number of fused-ring (bicyclic) bond motifs is 1. The molecule has 1 atom stereocenters. The fraction of sp³-hybridized carbons (Fsp3) is 0.458. The highest BCUT2D eigenvalue weighted by Gasteiger charge is 2.30. The number of hydrogen-bond acceptors (Lipinski definition) is 5. The second kappa shape index (κ2) is 8.46. The zero-order valence-corrected chi connectivity index (χ0v) is 18.7. The number of thiophene rings is 1. The van der Waals surface area contributed by atoms with Gasteiger partial charge in [-0.25, -0.2) is 9.55 Å². The van der Waals surface area contributed by atoms with E-state index in [-0.39, 0.29) is 17.4 Å². The molecule has 31 heavy (non-hydrogen) atoms. The summed E-state index contributed by atoms with van der Waals surface area (Å²) in [7, 11) is 0. The molecule has 162 valence electrons. The van der Waals surface area contributed by atoms with Gasteiger partial charge in [-0.1, -0.05) is 30.5 Å². The van der Waals surface area contributed by atoms with Crippen molar-refractivity contribution in [3.63, 3.8) is 0 Å². The first-order chi connectivity index (χ1) is 15.1. The Bertz CT molecular complexity index is 1140. The second-order valence-corrected chi connectivity index (χ2v) is 9.71. The van der Waals surface area contributed by atoms with Crippen molar-refractivity contribution < 1.29 is 4.79 Å². The van der Waals surface area contributed by atoms with E-state index >= 15 is 0 Å². The SMILES string of the molecule is Cc1ccc(-n2c(N3CCCC(C(=O)NC4CCCC4)C3)nc3ccsc3c2=O)cc1. The van der Waals surface area contributed by atoms with E-state index in [1.807, 2.05) is 42.6 Å². The molecule has 6 nitrogen and oxygen atoms in total. The van der Waals surface area contributed by atoms with Crippen LogP contribution in [0, 0.1) is 12.8 Å². The topological polar surface area (TPSA) is 67.2 Å². The van der Waals surface area contributed by atoms with Crippen molar-refractivity contribution in [1.29, 1.82) is 0 Å². The monoisotopic (exact) mass is 436 g/mol. The molecule has 1 amide bonds. The maximum Gasteiger partial charge on any atom is 0.277 e. The summed E-state index contributed by atoms with van der Waals surface area (Å²) in [5.41, 5.74) is 2.64. The maximum atomic E-state index is 13.4. The predicted molar refractivity (Wildman–Crippen MR) is 125 cm³/mol. The highest BCUT2D eigenvalue weighted by molar-refractivity contribution is 7.17. The lowest BCUT2D eigenvalue weighted by Crippen LogP contribution is -2.46. The molecule has 2 aliphatic rings. The predicted octanol–water partition coefficient (Wildman–Crippen LogP) is 4.03. The van der Waals surface area contributed by atoms with Crippen molar-refractivity contribution in [2.75, 3.05) is 18.0 Å². The van der Waals surface area contributed by atoms with Gasteiger partial charge in [-0.05, 0) is 56.2 Å².